The number of methoxy groups -OCH3 is 1. The minimum atomic E-state index is -1.06. The third-order valence-corrected chi connectivity index (χ3v) is 3.16. The quantitative estimate of drug-likeness (QED) is 0.942. The van der Waals surface area contributed by atoms with Crippen LogP contribution < -0.4 is 4.74 Å². The maximum Gasteiger partial charge on any atom is 0.341 e. The molecule has 0 amide bonds. The Balaban J connectivity index is 2.59. The highest BCUT2D eigenvalue weighted by atomic mass is 79.9. The lowest BCUT2D eigenvalue weighted by atomic mass is 10.1. The van der Waals surface area contributed by atoms with E-state index >= 15 is 0 Å². The Morgan fingerprint density at radius 3 is 2.83 bits per heavy atom. The molecule has 0 saturated heterocycles. The van der Waals surface area contributed by atoms with Gasteiger partial charge in [-0.3, -0.25) is 0 Å². The Morgan fingerprint density at radius 1 is 1.50 bits per heavy atom. The maximum absolute atomic E-state index is 11.2. The lowest BCUT2D eigenvalue weighted by Crippen LogP contribution is -1.99. The zero-order valence-electron chi connectivity index (χ0n) is 9.73. The van der Waals surface area contributed by atoms with Gasteiger partial charge in [0, 0.05) is 5.56 Å². The fraction of sp³-hybridized carbons (Fsp3) is 0.167. The highest BCUT2D eigenvalue weighted by Gasteiger charge is 2.21. The summed E-state index contributed by atoms with van der Waals surface area (Å²) in [6.07, 6.45) is 0. The van der Waals surface area contributed by atoms with Gasteiger partial charge in [0.15, 0.2) is 0 Å². The molecule has 0 aliphatic carbocycles. The molecule has 1 aromatic heterocycles. The molecule has 18 heavy (non-hydrogen) atoms. The van der Waals surface area contributed by atoms with Crippen molar-refractivity contribution in [1.82, 2.24) is 5.16 Å². The SMILES string of the molecule is COc1cc(-c2noc(C)c2C(=O)O)ccc1Br. The van der Waals surface area contributed by atoms with Crippen LogP contribution in [0.25, 0.3) is 11.3 Å². The fourth-order valence-electron chi connectivity index (χ4n) is 1.63. The van der Waals surface area contributed by atoms with E-state index in [0.717, 1.165) is 4.47 Å². The van der Waals surface area contributed by atoms with Gasteiger partial charge in [-0.2, -0.15) is 0 Å². The number of benzene rings is 1. The van der Waals surface area contributed by atoms with Gasteiger partial charge in [-0.1, -0.05) is 11.2 Å². The average Bonchev–Trinajstić information content (AvgIpc) is 2.72. The van der Waals surface area contributed by atoms with E-state index in [4.69, 9.17) is 14.4 Å². The monoisotopic (exact) mass is 311 g/mol. The van der Waals surface area contributed by atoms with Crippen LogP contribution in [0.3, 0.4) is 0 Å². The van der Waals surface area contributed by atoms with Crippen molar-refractivity contribution in [3.05, 3.63) is 34.0 Å². The second-order valence-electron chi connectivity index (χ2n) is 3.62. The fourth-order valence-corrected chi connectivity index (χ4v) is 2.04. The van der Waals surface area contributed by atoms with Crippen molar-refractivity contribution in [3.8, 4) is 17.0 Å². The molecule has 0 bridgehead atoms. The molecule has 0 atom stereocenters. The Kier molecular flexibility index (Phi) is 3.38. The van der Waals surface area contributed by atoms with Crippen LogP contribution in [0, 0.1) is 6.92 Å². The van der Waals surface area contributed by atoms with Crippen LogP contribution in [0.2, 0.25) is 0 Å². The summed E-state index contributed by atoms with van der Waals surface area (Å²) in [6, 6.07) is 5.22. The Labute approximate surface area is 111 Å². The summed E-state index contributed by atoms with van der Waals surface area (Å²) in [5.41, 5.74) is 0.995. The number of aryl methyl sites for hydroxylation is 1. The van der Waals surface area contributed by atoms with Crippen molar-refractivity contribution in [1.29, 1.82) is 0 Å². The molecule has 0 saturated carbocycles. The van der Waals surface area contributed by atoms with E-state index in [0.29, 0.717) is 17.0 Å². The molecule has 0 aliphatic heterocycles. The number of aromatic carboxylic acids is 1. The van der Waals surface area contributed by atoms with Gasteiger partial charge in [0.2, 0.25) is 0 Å². The van der Waals surface area contributed by atoms with Gasteiger partial charge in [-0.05, 0) is 35.0 Å². The van der Waals surface area contributed by atoms with Crippen LogP contribution in [0.4, 0.5) is 0 Å². The van der Waals surface area contributed by atoms with Gasteiger partial charge >= 0.3 is 5.97 Å². The molecule has 1 heterocycles. The Morgan fingerprint density at radius 2 is 2.22 bits per heavy atom. The molecule has 2 rings (SSSR count). The first kappa shape index (κ1) is 12.6. The van der Waals surface area contributed by atoms with E-state index in [1.54, 1.807) is 25.1 Å². The molecule has 94 valence electrons. The summed E-state index contributed by atoms with van der Waals surface area (Å²) >= 11 is 3.33. The van der Waals surface area contributed by atoms with E-state index in [2.05, 4.69) is 21.1 Å². The number of aromatic nitrogens is 1. The first-order valence-corrected chi connectivity index (χ1v) is 5.87. The number of carboxylic acid groups (broad SMARTS) is 1. The Bertz CT molecular complexity index is 606. The number of hydrogen-bond donors (Lipinski definition) is 1. The van der Waals surface area contributed by atoms with Crippen molar-refractivity contribution >= 4 is 21.9 Å². The molecule has 0 fully saturated rings. The van der Waals surface area contributed by atoms with Gasteiger partial charge in [0.1, 0.15) is 22.8 Å². The molecule has 0 spiro atoms. The van der Waals surface area contributed by atoms with Gasteiger partial charge in [-0.15, -0.1) is 0 Å². The Hall–Kier alpha value is -1.82. The average molecular weight is 312 g/mol. The molecule has 2 aromatic rings. The number of carbonyl (C=O) groups is 1. The number of halogens is 1. The topological polar surface area (TPSA) is 72.6 Å². The highest BCUT2D eigenvalue weighted by molar-refractivity contribution is 9.10. The zero-order chi connectivity index (χ0) is 13.3. The van der Waals surface area contributed by atoms with Crippen LogP contribution in [-0.2, 0) is 0 Å². The van der Waals surface area contributed by atoms with Gasteiger partial charge in [0.05, 0.1) is 11.6 Å². The predicted octanol–water partition coefficient (Wildman–Crippen LogP) is 3.12. The number of rotatable bonds is 3. The summed E-state index contributed by atoms with van der Waals surface area (Å²) in [7, 11) is 1.54. The van der Waals surface area contributed by atoms with Crippen LogP contribution >= 0.6 is 15.9 Å². The van der Waals surface area contributed by atoms with Crippen molar-refractivity contribution in [3.63, 3.8) is 0 Å². The van der Waals surface area contributed by atoms with Gasteiger partial charge < -0.3 is 14.4 Å². The molecule has 0 radical (unpaired) electrons. The summed E-state index contributed by atoms with van der Waals surface area (Å²) in [5, 5.41) is 12.9. The zero-order valence-corrected chi connectivity index (χ0v) is 11.3. The van der Waals surface area contributed by atoms with Crippen LogP contribution in [0.15, 0.2) is 27.2 Å². The van der Waals surface area contributed by atoms with Crippen molar-refractivity contribution < 1.29 is 19.2 Å². The first-order chi connectivity index (χ1) is 8.54. The lowest BCUT2D eigenvalue weighted by molar-refractivity contribution is 0.0696. The minimum Gasteiger partial charge on any atom is -0.496 e. The van der Waals surface area contributed by atoms with E-state index in [1.165, 1.54) is 7.11 Å². The highest BCUT2D eigenvalue weighted by Crippen LogP contribution is 2.32. The van der Waals surface area contributed by atoms with Crippen LogP contribution in [-0.4, -0.2) is 23.3 Å². The summed E-state index contributed by atoms with van der Waals surface area (Å²) in [4.78, 5) is 11.2. The molecule has 6 heteroatoms. The van der Waals surface area contributed by atoms with E-state index in [-0.39, 0.29) is 11.3 Å². The largest absolute Gasteiger partial charge is 0.496 e. The second kappa shape index (κ2) is 4.81. The summed E-state index contributed by atoms with van der Waals surface area (Å²) < 4.78 is 10.9. The van der Waals surface area contributed by atoms with Crippen molar-refractivity contribution in [2.45, 2.75) is 6.92 Å². The van der Waals surface area contributed by atoms with E-state index in [1.807, 2.05) is 0 Å². The predicted molar refractivity (Wildman–Crippen MR) is 67.9 cm³/mol. The smallest absolute Gasteiger partial charge is 0.341 e. The number of hydrogen-bond acceptors (Lipinski definition) is 4. The van der Waals surface area contributed by atoms with E-state index < -0.39 is 5.97 Å². The number of carboxylic acids is 1. The molecule has 5 nitrogen and oxygen atoms in total. The number of ether oxygens (including phenoxy) is 1. The number of nitrogens with zero attached hydrogens (tertiary/aromatic N) is 1. The van der Waals surface area contributed by atoms with Gasteiger partial charge in [-0.25, -0.2) is 4.79 Å². The third-order valence-electron chi connectivity index (χ3n) is 2.50. The molecular formula is C12H10BrNO4. The second-order valence-corrected chi connectivity index (χ2v) is 4.47. The first-order valence-electron chi connectivity index (χ1n) is 5.08. The normalized spacial score (nSPS) is 10.4. The standard InChI is InChI=1S/C12H10BrNO4/c1-6-10(12(15)16)11(14-18-6)7-3-4-8(13)9(5-7)17-2/h3-5H,1-2H3,(H,15,16). The van der Waals surface area contributed by atoms with E-state index in [9.17, 15) is 4.79 Å². The third kappa shape index (κ3) is 2.11. The lowest BCUT2D eigenvalue weighted by Gasteiger charge is -2.05. The van der Waals surface area contributed by atoms with Gasteiger partial charge in [0.25, 0.3) is 0 Å². The molecule has 1 aromatic carbocycles. The molecule has 1 N–H and O–H groups in total. The van der Waals surface area contributed by atoms with Crippen LogP contribution in [0.1, 0.15) is 16.1 Å². The van der Waals surface area contributed by atoms with Crippen molar-refractivity contribution in [2.75, 3.05) is 7.11 Å². The minimum absolute atomic E-state index is 0.0689. The summed E-state index contributed by atoms with van der Waals surface area (Å²) in [6.45, 7) is 1.57. The van der Waals surface area contributed by atoms with Crippen molar-refractivity contribution in [2.24, 2.45) is 0 Å². The molecule has 0 aliphatic rings. The van der Waals surface area contributed by atoms with Crippen LogP contribution in [0.5, 0.6) is 5.75 Å². The summed E-state index contributed by atoms with van der Waals surface area (Å²) in [5.74, 6) is -0.186. The molecular weight excluding hydrogens is 302 g/mol. The maximum atomic E-state index is 11.2. The molecule has 0 unspecified atom stereocenters.